The number of nitrogens with one attached hydrogen (secondary N) is 2. The summed E-state index contributed by atoms with van der Waals surface area (Å²) >= 11 is 1.11. The van der Waals surface area contributed by atoms with E-state index < -0.39 is 15.9 Å². The van der Waals surface area contributed by atoms with Gasteiger partial charge in [0.05, 0.1) is 34.1 Å². The lowest BCUT2D eigenvalue weighted by Crippen LogP contribution is -2.17. The molecule has 1 aliphatic carbocycles. The van der Waals surface area contributed by atoms with E-state index >= 15 is 0 Å². The van der Waals surface area contributed by atoms with Crippen LogP contribution in [0.2, 0.25) is 0 Å². The lowest BCUT2D eigenvalue weighted by atomic mass is 10.2. The van der Waals surface area contributed by atoms with Gasteiger partial charge in [0.25, 0.3) is 5.91 Å². The molecule has 0 saturated heterocycles. The highest BCUT2D eigenvalue weighted by atomic mass is 32.2. The highest BCUT2D eigenvalue weighted by molar-refractivity contribution is 7.93. The van der Waals surface area contributed by atoms with Crippen LogP contribution < -0.4 is 10.0 Å². The molecule has 1 fully saturated rings. The predicted octanol–water partition coefficient (Wildman–Crippen LogP) is 3.16. The van der Waals surface area contributed by atoms with E-state index in [1.165, 1.54) is 0 Å². The molecule has 3 heterocycles. The van der Waals surface area contributed by atoms with Crippen LogP contribution in [0.25, 0.3) is 16.8 Å². The van der Waals surface area contributed by atoms with Gasteiger partial charge >= 0.3 is 0 Å². The number of pyridine rings is 2. The SMILES string of the molecule is C=C(C(=O)Nc1ccc(-c2cccnc2)nc1)c1csc(NS(=O)(=O)C2CC2)n1. The molecule has 8 nitrogen and oxygen atoms in total. The number of aromatic nitrogens is 3. The molecule has 3 aromatic heterocycles. The van der Waals surface area contributed by atoms with Gasteiger partial charge in [0.1, 0.15) is 0 Å². The minimum Gasteiger partial charge on any atom is -0.321 e. The summed E-state index contributed by atoms with van der Waals surface area (Å²) in [5.41, 5.74) is 2.57. The Balaban J connectivity index is 1.40. The second-order valence-electron chi connectivity index (χ2n) is 6.49. The summed E-state index contributed by atoms with van der Waals surface area (Å²) in [4.78, 5) is 25.0. The van der Waals surface area contributed by atoms with Gasteiger partial charge in [-0.25, -0.2) is 13.4 Å². The van der Waals surface area contributed by atoms with Crippen molar-refractivity contribution in [3.05, 3.63) is 60.5 Å². The van der Waals surface area contributed by atoms with Crippen molar-refractivity contribution in [1.82, 2.24) is 15.0 Å². The third kappa shape index (κ3) is 4.49. The smallest absolute Gasteiger partial charge is 0.257 e. The van der Waals surface area contributed by atoms with Gasteiger partial charge < -0.3 is 5.32 Å². The lowest BCUT2D eigenvalue weighted by Gasteiger charge is -2.07. The first-order valence-corrected chi connectivity index (χ1v) is 11.2. The zero-order chi connectivity index (χ0) is 20.4. The Hall–Kier alpha value is -3.11. The van der Waals surface area contributed by atoms with E-state index in [1.807, 2.05) is 12.1 Å². The van der Waals surface area contributed by atoms with E-state index in [0.29, 0.717) is 24.2 Å². The van der Waals surface area contributed by atoms with Crippen molar-refractivity contribution >= 4 is 43.7 Å². The van der Waals surface area contributed by atoms with Crippen molar-refractivity contribution in [2.45, 2.75) is 18.1 Å². The summed E-state index contributed by atoms with van der Waals surface area (Å²) in [6.45, 7) is 3.77. The molecule has 0 radical (unpaired) electrons. The molecular weight excluding hydrogens is 410 g/mol. The number of sulfonamides is 1. The molecule has 0 aliphatic heterocycles. The molecule has 148 valence electrons. The van der Waals surface area contributed by atoms with Gasteiger partial charge in [0.2, 0.25) is 10.0 Å². The fourth-order valence-electron chi connectivity index (χ4n) is 2.52. The highest BCUT2D eigenvalue weighted by Crippen LogP contribution is 2.31. The summed E-state index contributed by atoms with van der Waals surface area (Å²) in [6, 6.07) is 7.23. The maximum absolute atomic E-state index is 12.5. The summed E-state index contributed by atoms with van der Waals surface area (Å²) in [6.07, 6.45) is 6.26. The largest absolute Gasteiger partial charge is 0.321 e. The number of amides is 1. The average molecular weight is 428 g/mol. The standard InChI is InChI=1S/C19H17N5O3S2/c1-12(17-11-28-19(23-17)24-29(26,27)15-5-6-15)18(25)22-14-4-7-16(21-10-14)13-3-2-8-20-9-13/h2-4,7-11,15H,1,5-6H2,(H,22,25)(H,23,24). The third-order valence-electron chi connectivity index (χ3n) is 4.26. The van der Waals surface area contributed by atoms with Gasteiger partial charge in [-0.15, -0.1) is 11.3 Å². The van der Waals surface area contributed by atoms with E-state index in [0.717, 1.165) is 22.6 Å². The Kier molecular flexibility index (Phi) is 5.12. The van der Waals surface area contributed by atoms with Crippen LogP contribution in [0, 0.1) is 0 Å². The molecule has 0 spiro atoms. The number of anilines is 2. The van der Waals surface area contributed by atoms with Crippen LogP contribution >= 0.6 is 11.3 Å². The van der Waals surface area contributed by atoms with Crippen LogP contribution in [0.3, 0.4) is 0 Å². The number of thiazole rings is 1. The minimum absolute atomic E-state index is 0.134. The van der Waals surface area contributed by atoms with Crippen molar-refractivity contribution in [2.24, 2.45) is 0 Å². The van der Waals surface area contributed by atoms with Crippen molar-refractivity contribution in [3.8, 4) is 11.3 Å². The highest BCUT2D eigenvalue weighted by Gasteiger charge is 2.36. The topological polar surface area (TPSA) is 114 Å². The number of rotatable bonds is 7. The average Bonchev–Trinajstić information content (AvgIpc) is 3.50. The first-order chi connectivity index (χ1) is 13.9. The van der Waals surface area contributed by atoms with Crippen LogP contribution in [0.1, 0.15) is 18.5 Å². The molecule has 4 rings (SSSR count). The molecule has 0 unspecified atom stereocenters. The van der Waals surface area contributed by atoms with Crippen molar-refractivity contribution in [3.63, 3.8) is 0 Å². The molecule has 3 aromatic rings. The number of hydrogen-bond acceptors (Lipinski definition) is 7. The number of nitrogens with zero attached hydrogens (tertiary/aromatic N) is 3. The molecule has 2 N–H and O–H groups in total. The molecule has 10 heteroatoms. The Labute approximate surface area is 171 Å². The molecule has 1 amide bonds. The van der Waals surface area contributed by atoms with Gasteiger partial charge in [-0.1, -0.05) is 6.58 Å². The maximum Gasteiger partial charge on any atom is 0.257 e. The molecule has 1 aliphatic rings. The summed E-state index contributed by atoms with van der Waals surface area (Å²) in [7, 11) is -3.39. The number of hydrogen-bond donors (Lipinski definition) is 2. The molecule has 0 aromatic carbocycles. The zero-order valence-electron chi connectivity index (χ0n) is 15.2. The monoisotopic (exact) mass is 427 g/mol. The zero-order valence-corrected chi connectivity index (χ0v) is 16.8. The minimum atomic E-state index is -3.39. The van der Waals surface area contributed by atoms with Crippen molar-refractivity contribution in [2.75, 3.05) is 10.0 Å². The fraction of sp³-hybridized carbons (Fsp3) is 0.158. The van der Waals surface area contributed by atoms with Crippen LogP contribution in [0.4, 0.5) is 10.8 Å². The fourth-order valence-corrected chi connectivity index (χ4v) is 4.84. The van der Waals surface area contributed by atoms with Gasteiger partial charge in [-0.05, 0) is 37.1 Å². The second kappa shape index (κ2) is 7.72. The van der Waals surface area contributed by atoms with Crippen LogP contribution in [0.5, 0.6) is 0 Å². The second-order valence-corrected chi connectivity index (χ2v) is 9.31. The van der Waals surface area contributed by atoms with E-state index in [9.17, 15) is 13.2 Å². The van der Waals surface area contributed by atoms with Crippen molar-refractivity contribution in [1.29, 1.82) is 0 Å². The quantitative estimate of drug-likeness (QED) is 0.560. The normalized spacial score (nSPS) is 13.7. The molecule has 29 heavy (non-hydrogen) atoms. The van der Waals surface area contributed by atoms with Gasteiger partial charge in [-0.3, -0.25) is 19.5 Å². The Bertz CT molecular complexity index is 1150. The van der Waals surface area contributed by atoms with Crippen LogP contribution in [-0.2, 0) is 14.8 Å². The third-order valence-corrected chi connectivity index (χ3v) is 6.97. The number of carbonyl (C=O) groups is 1. The first kappa shape index (κ1) is 19.2. The van der Waals surface area contributed by atoms with E-state index in [1.54, 1.807) is 36.1 Å². The number of carbonyl (C=O) groups excluding carboxylic acids is 1. The molecule has 1 saturated carbocycles. The van der Waals surface area contributed by atoms with E-state index in [-0.39, 0.29) is 16.0 Å². The van der Waals surface area contributed by atoms with Gasteiger partial charge in [0, 0.05) is 23.3 Å². The summed E-state index contributed by atoms with van der Waals surface area (Å²) in [5.74, 6) is -0.442. The summed E-state index contributed by atoms with van der Waals surface area (Å²) < 4.78 is 26.4. The van der Waals surface area contributed by atoms with Crippen molar-refractivity contribution < 1.29 is 13.2 Å². The van der Waals surface area contributed by atoms with Crippen LogP contribution in [-0.4, -0.2) is 34.5 Å². The first-order valence-electron chi connectivity index (χ1n) is 8.76. The predicted molar refractivity (Wildman–Crippen MR) is 113 cm³/mol. The van der Waals surface area contributed by atoms with Gasteiger partial charge in [0.15, 0.2) is 5.13 Å². The van der Waals surface area contributed by atoms with Gasteiger partial charge in [-0.2, -0.15) is 0 Å². The maximum atomic E-state index is 12.5. The van der Waals surface area contributed by atoms with E-state index in [2.05, 4.69) is 31.6 Å². The Morgan fingerprint density at radius 3 is 2.69 bits per heavy atom. The lowest BCUT2D eigenvalue weighted by molar-refractivity contribution is -0.111. The Morgan fingerprint density at radius 1 is 1.21 bits per heavy atom. The molecular formula is C19H17N5O3S2. The Morgan fingerprint density at radius 2 is 2.03 bits per heavy atom. The summed E-state index contributed by atoms with van der Waals surface area (Å²) in [5, 5.41) is 4.19. The molecule has 0 atom stereocenters. The molecule has 0 bridgehead atoms. The van der Waals surface area contributed by atoms with Crippen LogP contribution in [0.15, 0.2) is 54.8 Å². The van der Waals surface area contributed by atoms with E-state index in [4.69, 9.17) is 0 Å².